The normalized spacial score (nSPS) is 23.1. The highest BCUT2D eigenvalue weighted by Crippen LogP contribution is 2.35. The molecule has 0 saturated heterocycles. The van der Waals surface area contributed by atoms with Crippen LogP contribution in [0.1, 0.15) is 42.9 Å². The maximum Gasteiger partial charge on any atom is 0.318 e. The number of allylic oxidation sites excluding steroid dienone is 1. The fourth-order valence-electron chi connectivity index (χ4n) is 3.55. The second-order valence-corrected chi connectivity index (χ2v) is 6.10. The molecule has 2 amide bonds. The van der Waals surface area contributed by atoms with E-state index in [4.69, 9.17) is 0 Å². The van der Waals surface area contributed by atoms with Gasteiger partial charge in [0.1, 0.15) is 0 Å². The summed E-state index contributed by atoms with van der Waals surface area (Å²) < 4.78 is 0. The quantitative estimate of drug-likeness (QED) is 0.840. The molecule has 2 N–H and O–H groups in total. The van der Waals surface area contributed by atoms with Crippen molar-refractivity contribution in [2.24, 2.45) is 0 Å². The van der Waals surface area contributed by atoms with E-state index in [9.17, 15) is 9.90 Å². The van der Waals surface area contributed by atoms with Gasteiger partial charge in [0.05, 0.1) is 12.6 Å². The van der Waals surface area contributed by atoms with Crippen LogP contribution in [0.25, 0.3) is 0 Å². The Labute approximate surface area is 131 Å². The minimum absolute atomic E-state index is 0.00332. The molecule has 0 bridgehead atoms. The van der Waals surface area contributed by atoms with Crippen LogP contribution in [0.2, 0.25) is 0 Å². The van der Waals surface area contributed by atoms with Crippen molar-refractivity contribution in [2.75, 3.05) is 13.2 Å². The van der Waals surface area contributed by atoms with Gasteiger partial charge in [-0.05, 0) is 43.2 Å². The average molecular weight is 300 g/mol. The Morgan fingerprint density at radius 2 is 2.14 bits per heavy atom. The zero-order valence-corrected chi connectivity index (χ0v) is 12.9. The highest BCUT2D eigenvalue weighted by atomic mass is 16.3. The lowest BCUT2D eigenvalue weighted by molar-refractivity contribution is 0.148. The Morgan fingerprint density at radius 1 is 1.27 bits per heavy atom. The molecule has 4 heteroatoms. The van der Waals surface area contributed by atoms with Crippen LogP contribution in [-0.4, -0.2) is 35.2 Å². The van der Waals surface area contributed by atoms with Gasteiger partial charge in [-0.25, -0.2) is 4.79 Å². The fraction of sp³-hybridized carbons (Fsp3) is 0.500. The monoisotopic (exact) mass is 300 g/mol. The van der Waals surface area contributed by atoms with Crippen molar-refractivity contribution in [1.29, 1.82) is 0 Å². The number of amides is 2. The Hall–Kier alpha value is -1.81. The highest BCUT2D eigenvalue weighted by molar-refractivity contribution is 5.75. The van der Waals surface area contributed by atoms with Crippen LogP contribution in [-0.2, 0) is 6.42 Å². The number of carbonyl (C=O) groups is 1. The number of urea groups is 1. The SMILES string of the molecule is O=C(NC1CC=CCC1)N(CCO)C1CCc2ccccc21. The molecule has 0 aliphatic heterocycles. The van der Waals surface area contributed by atoms with Gasteiger partial charge >= 0.3 is 6.03 Å². The van der Waals surface area contributed by atoms with Crippen LogP contribution in [0.4, 0.5) is 4.79 Å². The van der Waals surface area contributed by atoms with Crippen molar-refractivity contribution in [3.8, 4) is 0 Å². The molecule has 22 heavy (non-hydrogen) atoms. The molecule has 1 aromatic carbocycles. The van der Waals surface area contributed by atoms with Crippen LogP contribution < -0.4 is 5.32 Å². The number of aryl methyl sites for hydroxylation is 1. The van der Waals surface area contributed by atoms with Gasteiger partial charge < -0.3 is 15.3 Å². The van der Waals surface area contributed by atoms with Crippen LogP contribution >= 0.6 is 0 Å². The standard InChI is InChI=1S/C18H24N2O2/c21-13-12-20(18(22)19-15-7-2-1-3-8-15)17-11-10-14-6-4-5-9-16(14)17/h1-2,4-6,9,15,17,21H,3,7-8,10-13H2,(H,19,22). The van der Waals surface area contributed by atoms with Crippen LogP contribution in [0.15, 0.2) is 36.4 Å². The third-order valence-corrected chi connectivity index (χ3v) is 4.68. The van der Waals surface area contributed by atoms with Gasteiger partial charge in [-0.3, -0.25) is 0 Å². The van der Waals surface area contributed by atoms with Crippen molar-refractivity contribution in [1.82, 2.24) is 10.2 Å². The summed E-state index contributed by atoms with van der Waals surface area (Å²) in [5.74, 6) is 0. The second-order valence-electron chi connectivity index (χ2n) is 6.10. The molecule has 2 unspecified atom stereocenters. The molecule has 2 aliphatic rings. The number of nitrogens with zero attached hydrogens (tertiary/aromatic N) is 1. The van der Waals surface area contributed by atoms with Gasteiger partial charge in [-0.15, -0.1) is 0 Å². The average Bonchev–Trinajstić information content (AvgIpc) is 2.97. The second kappa shape index (κ2) is 6.97. The number of carbonyl (C=O) groups excluding carboxylic acids is 1. The lowest BCUT2D eigenvalue weighted by atomic mass is 10.0. The van der Waals surface area contributed by atoms with Crippen molar-refractivity contribution < 1.29 is 9.90 Å². The molecule has 118 valence electrons. The summed E-state index contributed by atoms with van der Waals surface area (Å²) in [6, 6.07) is 8.57. The molecular formula is C18H24N2O2. The predicted molar refractivity (Wildman–Crippen MR) is 86.6 cm³/mol. The third-order valence-electron chi connectivity index (χ3n) is 4.68. The van der Waals surface area contributed by atoms with E-state index < -0.39 is 0 Å². The molecular weight excluding hydrogens is 276 g/mol. The summed E-state index contributed by atoms with van der Waals surface area (Å²) >= 11 is 0. The van der Waals surface area contributed by atoms with Gasteiger partial charge in [-0.2, -0.15) is 0 Å². The zero-order chi connectivity index (χ0) is 15.4. The number of rotatable bonds is 4. The molecule has 0 aromatic heterocycles. The minimum Gasteiger partial charge on any atom is -0.395 e. The minimum atomic E-state index is -0.0453. The lowest BCUT2D eigenvalue weighted by Gasteiger charge is -2.31. The van der Waals surface area contributed by atoms with E-state index in [2.05, 4.69) is 29.6 Å². The van der Waals surface area contributed by atoms with Gasteiger partial charge in [0.2, 0.25) is 0 Å². The van der Waals surface area contributed by atoms with E-state index in [0.717, 1.165) is 32.1 Å². The fourth-order valence-corrected chi connectivity index (χ4v) is 3.55. The summed E-state index contributed by atoms with van der Waals surface area (Å²) in [5.41, 5.74) is 2.55. The number of hydrogen-bond donors (Lipinski definition) is 2. The van der Waals surface area contributed by atoms with Gasteiger partial charge in [0.25, 0.3) is 0 Å². The third kappa shape index (κ3) is 3.17. The van der Waals surface area contributed by atoms with Crippen LogP contribution in [0, 0.1) is 0 Å². The highest BCUT2D eigenvalue weighted by Gasteiger charge is 2.31. The summed E-state index contributed by atoms with van der Waals surface area (Å²) in [6.07, 6.45) is 9.17. The number of hydrogen-bond acceptors (Lipinski definition) is 2. The van der Waals surface area contributed by atoms with Gasteiger partial charge in [0.15, 0.2) is 0 Å². The summed E-state index contributed by atoms with van der Waals surface area (Å²) in [6.45, 7) is 0.379. The Kier molecular flexibility index (Phi) is 4.78. The van der Waals surface area contributed by atoms with Crippen LogP contribution in [0.5, 0.6) is 0 Å². The molecule has 2 atom stereocenters. The Balaban J connectivity index is 1.72. The lowest BCUT2D eigenvalue weighted by Crippen LogP contribution is -2.47. The largest absolute Gasteiger partial charge is 0.395 e. The molecule has 0 radical (unpaired) electrons. The molecule has 0 heterocycles. The summed E-state index contributed by atoms with van der Waals surface area (Å²) in [7, 11) is 0. The molecule has 0 saturated carbocycles. The van der Waals surface area contributed by atoms with E-state index in [1.54, 1.807) is 0 Å². The molecule has 3 rings (SSSR count). The molecule has 0 fully saturated rings. The van der Waals surface area contributed by atoms with E-state index in [-0.39, 0.29) is 24.7 Å². The van der Waals surface area contributed by atoms with Gasteiger partial charge in [-0.1, -0.05) is 36.4 Å². The van der Waals surface area contributed by atoms with Crippen molar-refractivity contribution in [2.45, 2.75) is 44.2 Å². The first-order chi connectivity index (χ1) is 10.8. The first kappa shape index (κ1) is 15.1. The van der Waals surface area contributed by atoms with Crippen LogP contribution in [0.3, 0.4) is 0 Å². The number of fused-ring (bicyclic) bond motifs is 1. The number of aliphatic hydroxyl groups excluding tert-OH is 1. The summed E-state index contributed by atoms with van der Waals surface area (Å²) in [5, 5.41) is 12.5. The molecule has 0 spiro atoms. The van der Waals surface area contributed by atoms with E-state index in [1.165, 1.54) is 11.1 Å². The van der Waals surface area contributed by atoms with E-state index >= 15 is 0 Å². The first-order valence-corrected chi connectivity index (χ1v) is 8.20. The number of aliphatic hydroxyl groups is 1. The summed E-state index contributed by atoms with van der Waals surface area (Å²) in [4.78, 5) is 14.5. The maximum absolute atomic E-state index is 12.7. The van der Waals surface area contributed by atoms with Crippen molar-refractivity contribution >= 4 is 6.03 Å². The predicted octanol–water partition coefficient (Wildman–Crippen LogP) is 2.79. The molecule has 4 nitrogen and oxygen atoms in total. The molecule has 2 aliphatic carbocycles. The van der Waals surface area contributed by atoms with E-state index in [1.807, 2.05) is 17.0 Å². The molecule has 1 aromatic rings. The number of benzene rings is 1. The smallest absolute Gasteiger partial charge is 0.318 e. The zero-order valence-electron chi connectivity index (χ0n) is 12.9. The maximum atomic E-state index is 12.7. The Morgan fingerprint density at radius 3 is 2.91 bits per heavy atom. The van der Waals surface area contributed by atoms with E-state index in [0.29, 0.717) is 6.54 Å². The number of nitrogens with one attached hydrogen (secondary N) is 1. The van der Waals surface area contributed by atoms with Crippen molar-refractivity contribution in [3.05, 3.63) is 47.5 Å². The van der Waals surface area contributed by atoms with Gasteiger partial charge in [0, 0.05) is 12.6 Å². The van der Waals surface area contributed by atoms with Crippen molar-refractivity contribution in [3.63, 3.8) is 0 Å². The Bertz CT molecular complexity index is 556. The topological polar surface area (TPSA) is 52.6 Å². The first-order valence-electron chi connectivity index (χ1n) is 8.20.